The second-order valence-electron chi connectivity index (χ2n) is 4.20. The summed E-state index contributed by atoms with van der Waals surface area (Å²) in [6.45, 7) is 0. The largest absolute Gasteiger partial charge is 0.332 e. The zero-order valence-electron chi connectivity index (χ0n) is 11.0. The molecule has 3 nitrogen and oxygen atoms in total. The number of hydrogen-bond acceptors (Lipinski definition) is 2. The van der Waals surface area contributed by atoms with Gasteiger partial charge in [0.2, 0.25) is 5.91 Å². The van der Waals surface area contributed by atoms with Crippen molar-refractivity contribution >= 4 is 46.6 Å². The average Bonchev–Trinajstić information content (AvgIpc) is 2.46. The second kappa shape index (κ2) is 7.57. The highest BCUT2D eigenvalue weighted by atomic mass is 35.5. The van der Waals surface area contributed by atoms with E-state index in [1.165, 1.54) is 6.08 Å². The van der Waals surface area contributed by atoms with Crippen molar-refractivity contribution in [1.29, 1.82) is 0 Å². The molecule has 0 spiro atoms. The minimum Gasteiger partial charge on any atom is -0.332 e. The Kier molecular flexibility index (Phi) is 5.49. The van der Waals surface area contributed by atoms with Crippen molar-refractivity contribution in [2.75, 3.05) is 5.32 Å². The number of anilines is 1. The quantitative estimate of drug-likeness (QED) is 0.667. The Morgan fingerprint density at radius 2 is 1.86 bits per heavy atom. The third kappa shape index (κ3) is 5.38. The first-order chi connectivity index (χ1) is 10.1. The molecule has 0 saturated carbocycles. The Morgan fingerprint density at radius 1 is 1.10 bits per heavy atom. The van der Waals surface area contributed by atoms with Gasteiger partial charge >= 0.3 is 0 Å². The number of benzene rings is 2. The van der Waals surface area contributed by atoms with E-state index in [4.69, 9.17) is 23.8 Å². The van der Waals surface area contributed by atoms with Crippen molar-refractivity contribution in [3.63, 3.8) is 0 Å². The van der Waals surface area contributed by atoms with E-state index in [-0.39, 0.29) is 11.0 Å². The maximum atomic E-state index is 11.7. The van der Waals surface area contributed by atoms with Crippen molar-refractivity contribution in [3.8, 4) is 0 Å². The van der Waals surface area contributed by atoms with Gasteiger partial charge in [0.25, 0.3) is 0 Å². The van der Waals surface area contributed by atoms with Crippen LogP contribution in [0.4, 0.5) is 5.69 Å². The van der Waals surface area contributed by atoms with Gasteiger partial charge in [0, 0.05) is 16.8 Å². The summed E-state index contributed by atoms with van der Waals surface area (Å²) in [7, 11) is 0. The number of carbonyl (C=O) groups excluding carboxylic acids is 1. The first kappa shape index (κ1) is 15.2. The van der Waals surface area contributed by atoms with Gasteiger partial charge in [-0.15, -0.1) is 0 Å². The van der Waals surface area contributed by atoms with E-state index in [0.717, 1.165) is 11.3 Å². The fourth-order valence-electron chi connectivity index (χ4n) is 1.62. The molecule has 0 unspecified atom stereocenters. The van der Waals surface area contributed by atoms with Gasteiger partial charge in [-0.05, 0) is 42.1 Å². The van der Waals surface area contributed by atoms with Crippen LogP contribution in [0.5, 0.6) is 0 Å². The van der Waals surface area contributed by atoms with Crippen LogP contribution < -0.4 is 10.6 Å². The zero-order chi connectivity index (χ0) is 15.1. The van der Waals surface area contributed by atoms with Gasteiger partial charge in [0.05, 0.1) is 0 Å². The topological polar surface area (TPSA) is 41.1 Å². The van der Waals surface area contributed by atoms with Crippen molar-refractivity contribution in [2.24, 2.45) is 0 Å². The smallest absolute Gasteiger partial charge is 0.250 e. The molecule has 0 radical (unpaired) electrons. The molecule has 0 aromatic heterocycles. The predicted octanol–water partition coefficient (Wildman–Crippen LogP) is 3.87. The highest BCUT2D eigenvalue weighted by molar-refractivity contribution is 7.80. The lowest BCUT2D eigenvalue weighted by atomic mass is 10.2. The van der Waals surface area contributed by atoms with Gasteiger partial charge in [-0.1, -0.05) is 48.0 Å². The normalized spacial score (nSPS) is 10.3. The molecular weight excluding hydrogens is 304 g/mol. The van der Waals surface area contributed by atoms with Gasteiger partial charge in [-0.3, -0.25) is 10.1 Å². The lowest BCUT2D eigenvalue weighted by Gasteiger charge is -2.08. The highest BCUT2D eigenvalue weighted by Gasteiger charge is 2.01. The Morgan fingerprint density at radius 3 is 2.57 bits per heavy atom. The summed E-state index contributed by atoms with van der Waals surface area (Å²) in [4.78, 5) is 11.7. The minimum absolute atomic E-state index is 0.222. The number of amides is 1. The summed E-state index contributed by atoms with van der Waals surface area (Å²) in [5.74, 6) is -0.293. The van der Waals surface area contributed by atoms with Crippen molar-refractivity contribution < 1.29 is 4.79 Å². The summed E-state index contributed by atoms with van der Waals surface area (Å²) >= 11 is 10.9. The Balaban J connectivity index is 1.88. The monoisotopic (exact) mass is 316 g/mol. The van der Waals surface area contributed by atoms with Crippen LogP contribution in [0.2, 0.25) is 5.02 Å². The van der Waals surface area contributed by atoms with Gasteiger partial charge in [0.15, 0.2) is 5.11 Å². The summed E-state index contributed by atoms with van der Waals surface area (Å²) in [6, 6.07) is 16.6. The van der Waals surface area contributed by atoms with Crippen molar-refractivity contribution in [2.45, 2.75) is 0 Å². The third-order valence-electron chi connectivity index (χ3n) is 2.55. The third-order valence-corrected chi connectivity index (χ3v) is 2.99. The summed E-state index contributed by atoms with van der Waals surface area (Å²) in [6.07, 6.45) is 3.15. The molecule has 0 atom stereocenters. The van der Waals surface area contributed by atoms with E-state index in [1.807, 2.05) is 36.4 Å². The van der Waals surface area contributed by atoms with Crippen LogP contribution in [0, 0.1) is 0 Å². The van der Waals surface area contributed by atoms with Gasteiger partial charge in [-0.25, -0.2) is 0 Å². The number of hydrogen-bond donors (Lipinski definition) is 2. The van der Waals surface area contributed by atoms with Crippen molar-refractivity contribution in [3.05, 3.63) is 71.3 Å². The highest BCUT2D eigenvalue weighted by Crippen LogP contribution is 2.14. The molecule has 1 amide bonds. The molecule has 2 aromatic carbocycles. The Labute approximate surface area is 133 Å². The predicted molar refractivity (Wildman–Crippen MR) is 91.3 cm³/mol. The molecule has 0 heterocycles. The Hall–Kier alpha value is -2.17. The molecule has 21 heavy (non-hydrogen) atoms. The molecule has 0 aliphatic carbocycles. The number of rotatable bonds is 3. The maximum Gasteiger partial charge on any atom is 0.250 e. The van der Waals surface area contributed by atoms with E-state index in [2.05, 4.69) is 10.6 Å². The molecular formula is C16H13ClN2OS. The standard InChI is InChI=1S/C16H13ClN2OS/c17-13-7-4-8-14(11-13)18-16(21)19-15(20)10-9-12-5-2-1-3-6-12/h1-11H,(H2,18,19,20,21)/b10-9+. The SMILES string of the molecule is O=C(/C=C/c1ccccc1)NC(=S)Nc1cccc(Cl)c1. The van der Waals surface area contributed by atoms with Crippen LogP contribution >= 0.6 is 23.8 Å². The van der Waals surface area contributed by atoms with Crippen LogP contribution in [-0.2, 0) is 4.79 Å². The molecule has 2 N–H and O–H groups in total. The van der Waals surface area contributed by atoms with Crippen molar-refractivity contribution in [1.82, 2.24) is 5.32 Å². The maximum absolute atomic E-state index is 11.7. The molecule has 0 aliphatic heterocycles. The van der Waals surface area contributed by atoms with Gasteiger partial charge in [-0.2, -0.15) is 0 Å². The minimum atomic E-state index is -0.293. The molecule has 0 saturated heterocycles. The number of nitrogens with one attached hydrogen (secondary N) is 2. The molecule has 2 rings (SSSR count). The van der Waals surface area contributed by atoms with Crippen LogP contribution in [0.3, 0.4) is 0 Å². The number of thiocarbonyl (C=S) groups is 1. The summed E-state index contributed by atoms with van der Waals surface area (Å²) < 4.78 is 0. The Bertz CT molecular complexity index is 671. The zero-order valence-corrected chi connectivity index (χ0v) is 12.6. The first-order valence-corrected chi connectivity index (χ1v) is 7.03. The molecule has 0 fully saturated rings. The number of carbonyl (C=O) groups is 1. The lowest BCUT2D eigenvalue weighted by Crippen LogP contribution is -2.32. The van der Waals surface area contributed by atoms with Crippen LogP contribution in [0.15, 0.2) is 60.7 Å². The summed E-state index contributed by atoms with van der Waals surface area (Å²) in [5.41, 5.74) is 1.67. The fraction of sp³-hybridized carbons (Fsp3) is 0. The van der Waals surface area contributed by atoms with Gasteiger partial charge in [0.1, 0.15) is 0 Å². The molecule has 0 aliphatic rings. The van der Waals surface area contributed by atoms with Crippen LogP contribution in [0.25, 0.3) is 6.08 Å². The molecule has 2 aromatic rings. The second-order valence-corrected chi connectivity index (χ2v) is 5.04. The van der Waals surface area contributed by atoms with E-state index in [0.29, 0.717) is 5.02 Å². The van der Waals surface area contributed by atoms with E-state index in [1.54, 1.807) is 24.3 Å². The molecule has 0 bridgehead atoms. The van der Waals surface area contributed by atoms with E-state index >= 15 is 0 Å². The first-order valence-electron chi connectivity index (χ1n) is 6.24. The van der Waals surface area contributed by atoms with Crippen LogP contribution in [0.1, 0.15) is 5.56 Å². The number of halogens is 1. The van der Waals surface area contributed by atoms with E-state index in [9.17, 15) is 4.79 Å². The molecule has 106 valence electrons. The molecule has 5 heteroatoms. The summed E-state index contributed by atoms with van der Waals surface area (Å²) in [5, 5.41) is 6.28. The van der Waals surface area contributed by atoms with E-state index < -0.39 is 0 Å². The van der Waals surface area contributed by atoms with Crippen LogP contribution in [-0.4, -0.2) is 11.0 Å². The fourth-order valence-corrected chi connectivity index (χ4v) is 2.03. The van der Waals surface area contributed by atoms with Gasteiger partial charge < -0.3 is 5.32 Å². The lowest BCUT2D eigenvalue weighted by molar-refractivity contribution is -0.115. The average molecular weight is 317 g/mol.